The number of fused-ring (bicyclic) bond motifs is 1. The minimum atomic E-state index is -0.537. The van der Waals surface area contributed by atoms with Crippen molar-refractivity contribution in [2.24, 2.45) is 0 Å². The Bertz CT molecular complexity index is 1130. The number of aromatic nitrogens is 2. The van der Waals surface area contributed by atoms with Crippen molar-refractivity contribution < 1.29 is 9.53 Å². The Morgan fingerprint density at radius 1 is 1.07 bits per heavy atom. The number of carbonyl (C=O) groups excluding carboxylic acids is 1. The molecule has 0 fully saturated rings. The molecule has 0 saturated carbocycles. The quantitative estimate of drug-likeness (QED) is 0.462. The van der Waals surface area contributed by atoms with Gasteiger partial charge in [-0.2, -0.15) is 0 Å². The van der Waals surface area contributed by atoms with Crippen molar-refractivity contribution in [1.29, 1.82) is 0 Å². The monoisotopic (exact) mass is 469 g/mol. The first-order valence-corrected chi connectivity index (χ1v) is 10.7. The molecule has 0 unspecified atom stereocenters. The molecule has 3 rings (SSSR count). The molecule has 2 aromatic carbocycles. The standard InChI is InChI=1S/C21H22Cl3N3O3/c1-4-25(5-2)9-10-26-17-12-13(20(28)30-3)11-16(24)19(17)27(21(26)29)18-14(22)7-6-8-15(18)23/h6-8,11-12H,4-5,9-10H2,1-3H3. The number of carbonyl (C=O) groups is 1. The maximum atomic E-state index is 13.5. The molecule has 0 aliphatic rings. The van der Waals surface area contributed by atoms with Crippen LogP contribution in [0.15, 0.2) is 35.1 Å². The first-order valence-electron chi connectivity index (χ1n) is 9.53. The van der Waals surface area contributed by atoms with Gasteiger partial charge >= 0.3 is 11.7 Å². The SMILES string of the molecule is CCN(CC)CCn1c(=O)n(-c2c(Cl)cccc2Cl)c2c(Cl)cc(C(=O)OC)cc21. The Kier molecular flexibility index (Phi) is 7.14. The van der Waals surface area contributed by atoms with E-state index in [1.54, 1.807) is 28.8 Å². The molecule has 0 aliphatic heterocycles. The predicted octanol–water partition coefficient (Wildman–Crippen LogP) is 4.88. The number of para-hydroxylation sites is 1. The summed E-state index contributed by atoms with van der Waals surface area (Å²) < 4.78 is 7.83. The zero-order valence-corrected chi connectivity index (χ0v) is 19.2. The summed E-state index contributed by atoms with van der Waals surface area (Å²) in [6, 6.07) is 8.11. The number of hydrogen-bond donors (Lipinski definition) is 0. The van der Waals surface area contributed by atoms with Gasteiger partial charge in [-0.25, -0.2) is 9.59 Å². The number of esters is 1. The van der Waals surface area contributed by atoms with Gasteiger partial charge in [0.2, 0.25) is 0 Å². The highest BCUT2D eigenvalue weighted by Gasteiger charge is 2.23. The summed E-state index contributed by atoms with van der Waals surface area (Å²) in [6.45, 7) is 6.90. The molecule has 3 aromatic rings. The van der Waals surface area contributed by atoms with E-state index in [1.165, 1.54) is 17.7 Å². The number of benzene rings is 2. The van der Waals surface area contributed by atoms with Crippen LogP contribution >= 0.6 is 34.8 Å². The molecule has 0 bridgehead atoms. The van der Waals surface area contributed by atoms with Crippen LogP contribution in [0, 0.1) is 0 Å². The molecule has 9 heteroatoms. The molecule has 1 heterocycles. The van der Waals surface area contributed by atoms with E-state index in [0.717, 1.165) is 13.1 Å². The van der Waals surface area contributed by atoms with Gasteiger partial charge in [-0.3, -0.25) is 9.13 Å². The van der Waals surface area contributed by atoms with Gasteiger partial charge in [0.25, 0.3) is 0 Å². The number of halogens is 3. The second kappa shape index (κ2) is 9.43. The Balaban J connectivity index is 2.33. The molecule has 30 heavy (non-hydrogen) atoms. The van der Waals surface area contributed by atoms with E-state index >= 15 is 0 Å². The zero-order valence-electron chi connectivity index (χ0n) is 16.9. The van der Waals surface area contributed by atoms with Gasteiger partial charge in [-0.05, 0) is 37.4 Å². The summed E-state index contributed by atoms with van der Waals surface area (Å²) in [4.78, 5) is 27.8. The molecular weight excluding hydrogens is 449 g/mol. The van der Waals surface area contributed by atoms with Crippen LogP contribution in [0.1, 0.15) is 24.2 Å². The molecule has 0 atom stereocenters. The molecule has 0 radical (unpaired) electrons. The molecular formula is C21H22Cl3N3O3. The smallest absolute Gasteiger partial charge is 0.337 e. The lowest BCUT2D eigenvalue weighted by Crippen LogP contribution is -2.31. The number of rotatable bonds is 7. The van der Waals surface area contributed by atoms with E-state index < -0.39 is 5.97 Å². The average molecular weight is 471 g/mol. The minimum absolute atomic E-state index is 0.225. The summed E-state index contributed by atoms with van der Waals surface area (Å²) in [5, 5.41) is 0.864. The van der Waals surface area contributed by atoms with Crippen molar-refractivity contribution in [3.8, 4) is 5.69 Å². The maximum Gasteiger partial charge on any atom is 0.337 e. The topological polar surface area (TPSA) is 56.5 Å². The Morgan fingerprint density at radius 2 is 1.70 bits per heavy atom. The summed E-state index contributed by atoms with van der Waals surface area (Å²) in [6.07, 6.45) is 0. The predicted molar refractivity (Wildman–Crippen MR) is 122 cm³/mol. The Hall–Kier alpha value is -1.99. The molecule has 0 spiro atoms. The third kappa shape index (κ3) is 4.10. The minimum Gasteiger partial charge on any atom is -0.465 e. The molecule has 0 saturated heterocycles. The lowest BCUT2D eigenvalue weighted by molar-refractivity contribution is 0.0601. The molecule has 0 aliphatic carbocycles. The van der Waals surface area contributed by atoms with Crippen LogP contribution in [-0.2, 0) is 11.3 Å². The second-order valence-corrected chi connectivity index (χ2v) is 7.91. The van der Waals surface area contributed by atoms with Crippen LogP contribution in [0.2, 0.25) is 15.1 Å². The van der Waals surface area contributed by atoms with Crippen molar-refractivity contribution in [2.45, 2.75) is 20.4 Å². The van der Waals surface area contributed by atoms with E-state index in [0.29, 0.717) is 39.9 Å². The van der Waals surface area contributed by atoms with Gasteiger partial charge in [0.15, 0.2) is 0 Å². The van der Waals surface area contributed by atoms with E-state index in [9.17, 15) is 9.59 Å². The molecule has 0 N–H and O–H groups in total. The zero-order chi connectivity index (χ0) is 22.0. The fourth-order valence-corrected chi connectivity index (χ4v) is 4.34. The number of nitrogens with zero attached hydrogens (tertiary/aromatic N) is 3. The molecule has 1 aromatic heterocycles. The van der Waals surface area contributed by atoms with Crippen LogP contribution in [0.5, 0.6) is 0 Å². The molecule has 6 nitrogen and oxygen atoms in total. The van der Waals surface area contributed by atoms with E-state index in [-0.39, 0.29) is 16.3 Å². The van der Waals surface area contributed by atoms with Crippen molar-refractivity contribution >= 4 is 51.8 Å². The van der Waals surface area contributed by atoms with Crippen LogP contribution in [0.25, 0.3) is 16.7 Å². The van der Waals surface area contributed by atoms with Crippen molar-refractivity contribution in [3.63, 3.8) is 0 Å². The second-order valence-electron chi connectivity index (χ2n) is 6.68. The Morgan fingerprint density at radius 3 is 2.27 bits per heavy atom. The fraction of sp³-hybridized carbons (Fsp3) is 0.333. The van der Waals surface area contributed by atoms with Crippen LogP contribution < -0.4 is 5.69 Å². The van der Waals surface area contributed by atoms with Crippen molar-refractivity contribution in [3.05, 3.63) is 61.4 Å². The van der Waals surface area contributed by atoms with E-state index in [4.69, 9.17) is 39.5 Å². The fourth-order valence-electron chi connectivity index (χ4n) is 3.47. The third-order valence-electron chi connectivity index (χ3n) is 5.10. The van der Waals surface area contributed by atoms with Gasteiger partial charge in [-0.1, -0.05) is 54.7 Å². The number of hydrogen-bond acceptors (Lipinski definition) is 4. The van der Waals surface area contributed by atoms with Gasteiger partial charge < -0.3 is 9.64 Å². The first-order chi connectivity index (χ1) is 14.3. The number of ether oxygens (including phenoxy) is 1. The highest BCUT2D eigenvalue weighted by atomic mass is 35.5. The summed E-state index contributed by atoms with van der Waals surface area (Å²) in [5.41, 5.74) is 1.22. The molecule has 160 valence electrons. The Labute approximate surface area is 189 Å². The molecule has 0 amide bonds. The number of likely N-dealkylation sites (N-methyl/N-ethyl adjacent to an activating group) is 1. The van der Waals surface area contributed by atoms with Gasteiger partial charge in [0.1, 0.15) is 0 Å². The van der Waals surface area contributed by atoms with Gasteiger partial charge in [0.05, 0.1) is 44.5 Å². The lowest BCUT2D eigenvalue weighted by atomic mass is 10.2. The summed E-state index contributed by atoms with van der Waals surface area (Å²) in [7, 11) is 1.29. The van der Waals surface area contributed by atoms with Crippen LogP contribution in [0.3, 0.4) is 0 Å². The highest BCUT2D eigenvalue weighted by Crippen LogP contribution is 2.33. The summed E-state index contributed by atoms with van der Waals surface area (Å²) in [5.74, 6) is -0.537. The number of methoxy groups -OCH3 is 1. The van der Waals surface area contributed by atoms with Gasteiger partial charge in [0, 0.05) is 13.1 Å². The number of imidazole rings is 1. The van der Waals surface area contributed by atoms with Gasteiger partial charge in [-0.15, -0.1) is 0 Å². The van der Waals surface area contributed by atoms with Crippen LogP contribution in [0.4, 0.5) is 0 Å². The average Bonchev–Trinajstić information content (AvgIpc) is 3.00. The van der Waals surface area contributed by atoms with Crippen molar-refractivity contribution in [1.82, 2.24) is 14.0 Å². The normalized spacial score (nSPS) is 11.4. The van der Waals surface area contributed by atoms with Crippen LogP contribution in [-0.4, -0.2) is 46.7 Å². The maximum absolute atomic E-state index is 13.5. The highest BCUT2D eigenvalue weighted by molar-refractivity contribution is 6.38. The lowest BCUT2D eigenvalue weighted by Gasteiger charge is -2.18. The van der Waals surface area contributed by atoms with E-state index in [1.807, 2.05) is 0 Å². The largest absolute Gasteiger partial charge is 0.465 e. The first kappa shape index (κ1) is 22.7. The third-order valence-corrected chi connectivity index (χ3v) is 5.99. The van der Waals surface area contributed by atoms with Crippen molar-refractivity contribution in [2.75, 3.05) is 26.7 Å². The summed E-state index contributed by atoms with van der Waals surface area (Å²) >= 11 is 19.3. The van der Waals surface area contributed by atoms with E-state index in [2.05, 4.69) is 18.7 Å².